The smallest absolute Gasteiger partial charge is 0.304 e. The number of imidazole rings is 1. The van der Waals surface area contributed by atoms with Crippen molar-refractivity contribution in [2.24, 2.45) is 0 Å². The molecule has 0 aliphatic heterocycles. The van der Waals surface area contributed by atoms with E-state index in [4.69, 9.17) is 0 Å². The first-order valence-electron chi connectivity index (χ1n) is 5.68. The lowest BCUT2D eigenvalue weighted by molar-refractivity contribution is -0.387. The molecular formula is C12H13FN4O2. The number of nitrogens with zero attached hydrogens (tertiary/aromatic N) is 3. The van der Waals surface area contributed by atoms with Gasteiger partial charge in [-0.15, -0.1) is 0 Å². The van der Waals surface area contributed by atoms with Crippen LogP contribution in [-0.2, 0) is 13.1 Å². The van der Waals surface area contributed by atoms with Crippen molar-refractivity contribution < 1.29 is 9.31 Å². The van der Waals surface area contributed by atoms with Gasteiger partial charge < -0.3 is 9.88 Å². The lowest BCUT2D eigenvalue weighted by atomic mass is 10.2. The number of nitro benzene ring substituents is 1. The molecule has 100 valence electrons. The zero-order valence-electron chi connectivity index (χ0n) is 10.3. The summed E-state index contributed by atoms with van der Waals surface area (Å²) >= 11 is 0. The molecule has 0 aliphatic rings. The molecule has 0 aliphatic carbocycles. The highest BCUT2D eigenvalue weighted by Crippen LogP contribution is 2.18. The van der Waals surface area contributed by atoms with Crippen LogP contribution < -0.4 is 5.32 Å². The maximum absolute atomic E-state index is 13.5. The van der Waals surface area contributed by atoms with Crippen LogP contribution in [0.1, 0.15) is 11.3 Å². The molecule has 0 amide bonds. The molecule has 1 heterocycles. The van der Waals surface area contributed by atoms with Gasteiger partial charge in [-0.3, -0.25) is 10.1 Å². The van der Waals surface area contributed by atoms with Crippen molar-refractivity contribution in [2.45, 2.75) is 13.1 Å². The Hall–Kier alpha value is -2.28. The maximum atomic E-state index is 13.5. The molecule has 2 aromatic rings. The van der Waals surface area contributed by atoms with Crippen molar-refractivity contribution in [1.29, 1.82) is 0 Å². The summed E-state index contributed by atoms with van der Waals surface area (Å²) < 4.78 is 15.3. The van der Waals surface area contributed by atoms with Gasteiger partial charge in [0.25, 0.3) is 0 Å². The molecule has 0 spiro atoms. The van der Waals surface area contributed by atoms with Gasteiger partial charge in [-0.25, -0.2) is 4.98 Å². The minimum absolute atomic E-state index is 0.422. The monoisotopic (exact) mass is 264 g/mol. The number of nitrogens with one attached hydrogen (secondary N) is 1. The average molecular weight is 264 g/mol. The molecule has 7 heteroatoms. The third kappa shape index (κ3) is 3.14. The molecule has 0 atom stereocenters. The number of hydrogen-bond donors (Lipinski definition) is 1. The van der Waals surface area contributed by atoms with E-state index in [-0.39, 0.29) is 0 Å². The number of halogens is 1. The largest absolute Gasteiger partial charge is 0.333 e. The normalized spacial score (nSPS) is 10.6. The molecule has 0 saturated carbocycles. The van der Waals surface area contributed by atoms with Gasteiger partial charge in [-0.2, -0.15) is 4.39 Å². The fourth-order valence-electron chi connectivity index (χ4n) is 1.77. The van der Waals surface area contributed by atoms with Gasteiger partial charge >= 0.3 is 5.69 Å². The fraction of sp³-hybridized carbons (Fsp3) is 0.250. The maximum Gasteiger partial charge on any atom is 0.304 e. The van der Waals surface area contributed by atoms with Crippen LogP contribution in [0.3, 0.4) is 0 Å². The predicted molar refractivity (Wildman–Crippen MR) is 67.1 cm³/mol. The van der Waals surface area contributed by atoms with Crippen molar-refractivity contribution in [3.05, 3.63) is 57.9 Å². The molecule has 1 aromatic carbocycles. The number of rotatable bonds is 5. The van der Waals surface area contributed by atoms with E-state index in [1.165, 1.54) is 12.1 Å². The van der Waals surface area contributed by atoms with Crippen molar-refractivity contribution >= 4 is 5.69 Å². The van der Waals surface area contributed by atoms with Crippen LogP contribution in [0.2, 0.25) is 0 Å². The van der Waals surface area contributed by atoms with Crippen LogP contribution in [0.5, 0.6) is 0 Å². The highest BCUT2D eigenvalue weighted by atomic mass is 19.1. The summed E-state index contributed by atoms with van der Waals surface area (Å²) in [4.78, 5) is 13.9. The van der Waals surface area contributed by atoms with E-state index >= 15 is 0 Å². The van der Waals surface area contributed by atoms with Crippen LogP contribution >= 0.6 is 0 Å². The van der Waals surface area contributed by atoms with E-state index in [1.54, 1.807) is 17.0 Å². The molecule has 1 N–H and O–H groups in total. The van der Waals surface area contributed by atoms with Crippen molar-refractivity contribution in [2.75, 3.05) is 7.05 Å². The van der Waals surface area contributed by atoms with Gasteiger partial charge in [0.05, 0.1) is 16.9 Å². The van der Waals surface area contributed by atoms with Crippen molar-refractivity contribution in [3.8, 4) is 0 Å². The van der Waals surface area contributed by atoms with Crippen LogP contribution in [-0.4, -0.2) is 21.5 Å². The SMILES string of the molecule is CNCc1cn(Cc2ccc([N+](=O)[O-])c(F)c2)cn1. The van der Waals surface area contributed by atoms with Gasteiger partial charge in [0.2, 0.25) is 5.82 Å². The number of hydrogen-bond acceptors (Lipinski definition) is 4. The summed E-state index contributed by atoms with van der Waals surface area (Å²) in [5, 5.41) is 13.5. The second kappa shape index (κ2) is 5.57. The Kier molecular flexibility index (Phi) is 3.86. The highest BCUT2D eigenvalue weighted by molar-refractivity contribution is 5.35. The third-order valence-electron chi connectivity index (χ3n) is 2.62. The highest BCUT2D eigenvalue weighted by Gasteiger charge is 2.13. The fourth-order valence-corrected chi connectivity index (χ4v) is 1.77. The van der Waals surface area contributed by atoms with Crippen LogP contribution in [0.15, 0.2) is 30.7 Å². The Morgan fingerprint density at radius 2 is 2.32 bits per heavy atom. The Labute approximate surface area is 109 Å². The Morgan fingerprint density at radius 1 is 1.53 bits per heavy atom. The van der Waals surface area contributed by atoms with Crippen LogP contribution in [0.25, 0.3) is 0 Å². The summed E-state index contributed by atoms with van der Waals surface area (Å²) in [7, 11) is 1.82. The van der Waals surface area contributed by atoms with Crippen molar-refractivity contribution in [1.82, 2.24) is 14.9 Å². The molecule has 0 radical (unpaired) electrons. The minimum Gasteiger partial charge on any atom is -0.333 e. The number of nitro groups is 1. The number of aromatic nitrogens is 2. The molecule has 1 aromatic heterocycles. The zero-order valence-corrected chi connectivity index (χ0v) is 10.3. The quantitative estimate of drug-likeness (QED) is 0.659. The first-order chi connectivity index (χ1) is 9.10. The van der Waals surface area contributed by atoms with Crippen LogP contribution in [0, 0.1) is 15.9 Å². The predicted octanol–water partition coefficient (Wildman–Crippen LogP) is 1.70. The second-order valence-corrected chi connectivity index (χ2v) is 4.11. The third-order valence-corrected chi connectivity index (χ3v) is 2.62. The van der Waals surface area contributed by atoms with E-state index in [2.05, 4.69) is 10.3 Å². The zero-order chi connectivity index (χ0) is 13.8. The average Bonchev–Trinajstić information content (AvgIpc) is 2.76. The minimum atomic E-state index is -0.821. The summed E-state index contributed by atoms with van der Waals surface area (Å²) in [5.41, 5.74) is 1.02. The lowest BCUT2D eigenvalue weighted by Crippen LogP contribution is -2.05. The standard InChI is InChI=1S/C12H13FN4O2/c1-14-5-10-7-16(8-15-10)6-9-2-3-12(17(18)19)11(13)4-9/h2-4,7-8,14H,5-6H2,1H3. The molecule has 0 unspecified atom stereocenters. The topological polar surface area (TPSA) is 73.0 Å². The van der Waals surface area contributed by atoms with E-state index in [9.17, 15) is 14.5 Å². The molecule has 19 heavy (non-hydrogen) atoms. The van der Waals surface area contributed by atoms with Crippen molar-refractivity contribution in [3.63, 3.8) is 0 Å². The van der Waals surface area contributed by atoms with E-state index in [0.29, 0.717) is 18.7 Å². The first-order valence-corrected chi connectivity index (χ1v) is 5.68. The number of benzene rings is 1. The molecule has 0 saturated heterocycles. The van der Waals surface area contributed by atoms with Gasteiger partial charge in [-0.05, 0) is 18.7 Å². The summed E-state index contributed by atoms with van der Waals surface area (Å²) in [5.74, 6) is -0.821. The van der Waals surface area contributed by atoms with E-state index < -0.39 is 16.4 Å². The van der Waals surface area contributed by atoms with Gasteiger partial charge in [-0.1, -0.05) is 6.07 Å². The Balaban J connectivity index is 2.14. The first kappa shape index (κ1) is 13.2. The molecular weight excluding hydrogens is 251 g/mol. The van der Waals surface area contributed by atoms with Gasteiger partial charge in [0.15, 0.2) is 0 Å². The summed E-state index contributed by atoms with van der Waals surface area (Å²) in [6.07, 6.45) is 3.49. The van der Waals surface area contributed by atoms with E-state index in [0.717, 1.165) is 5.69 Å². The molecule has 0 fully saturated rings. The summed E-state index contributed by atoms with van der Waals surface area (Å²) in [6, 6.07) is 3.89. The Morgan fingerprint density at radius 3 is 2.95 bits per heavy atom. The van der Waals surface area contributed by atoms with Crippen LogP contribution in [0.4, 0.5) is 10.1 Å². The van der Waals surface area contributed by atoms with Gasteiger partial charge in [0, 0.05) is 25.4 Å². The molecule has 0 bridgehead atoms. The lowest BCUT2D eigenvalue weighted by Gasteiger charge is -2.03. The summed E-state index contributed by atoms with van der Waals surface area (Å²) in [6.45, 7) is 1.08. The molecule has 2 rings (SSSR count). The van der Waals surface area contributed by atoms with E-state index in [1.807, 2.05) is 13.2 Å². The van der Waals surface area contributed by atoms with Gasteiger partial charge in [0.1, 0.15) is 0 Å². The second-order valence-electron chi connectivity index (χ2n) is 4.11. The Bertz CT molecular complexity index is 597. The molecule has 6 nitrogen and oxygen atoms in total.